The van der Waals surface area contributed by atoms with Crippen LogP contribution in [0, 0.1) is 0 Å². The Morgan fingerprint density at radius 1 is 1.44 bits per heavy atom. The third-order valence-corrected chi connectivity index (χ3v) is 5.72. The molecule has 1 aliphatic heterocycles. The number of rotatable bonds is 4. The van der Waals surface area contributed by atoms with Gasteiger partial charge in [0, 0.05) is 36.6 Å². The van der Waals surface area contributed by atoms with Crippen LogP contribution in [-0.2, 0) is 7.05 Å². The molecule has 0 unspecified atom stereocenters. The summed E-state index contributed by atoms with van der Waals surface area (Å²) in [6.45, 7) is -4.81. The number of phenols is 1. The van der Waals surface area contributed by atoms with Gasteiger partial charge in [-0.2, -0.15) is 0 Å². The minimum absolute atomic E-state index is 0.00588. The zero-order valence-corrected chi connectivity index (χ0v) is 15.6. The lowest BCUT2D eigenvalue weighted by Gasteiger charge is -2.32. The summed E-state index contributed by atoms with van der Waals surface area (Å²) in [5.41, 5.74) is -0.0555. The number of fused-ring (bicyclic) bond motifs is 1. The van der Waals surface area contributed by atoms with Crippen LogP contribution in [0.5, 0.6) is 5.75 Å². The highest BCUT2D eigenvalue weighted by Gasteiger charge is 2.22. The number of aromatic nitrogens is 3. The Hall–Kier alpha value is -2.45. The number of nitrogens with zero attached hydrogens (tertiary/aromatic N) is 4. The van der Waals surface area contributed by atoms with Gasteiger partial charge in [0.15, 0.2) is 5.82 Å². The van der Waals surface area contributed by atoms with Crippen molar-refractivity contribution in [1.29, 1.82) is 0 Å². The van der Waals surface area contributed by atoms with Crippen LogP contribution in [0.1, 0.15) is 26.5 Å². The standard InChI is InChI=1S/C19H23N5O2S/c1-3-24-9-4-5-12(11-24)20-17-19(26)23(2)18(22-21-17)14-6-7-15-13(16(14)25)8-10-27-15/h6-8,10,12,25H,3-5,9,11H2,1-2H3,(H,20,21)/t12-/m1/s1/i1D3,3D2. The van der Waals surface area contributed by atoms with Crippen molar-refractivity contribution < 1.29 is 12.0 Å². The Balaban J connectivity index is 1.59. The van der Waals surface area contributed by atoms with E-state index < -0.39 is 18.9 Å². The summed E-state index contributed by atoms with van der Waals surface area (Å²) in [5, 5.41) is 24.4. The van der Waals surface area contributed by atoms with Crippen LogP contribution in [-0.4, -0.2) is 50.4 Å². The average molecular weight is 391 g/mol. The number of likely N-dealkylation sites (tertiary alicyclic amines) is 1. The van der Waals surface area contributed by atoms with Crippen LogP contribution in [0.2, 0.25) is 0 Å². The normalized spacial score (nSPS) is 21.8. The van der Waals surface area contributed by atoms with Gasteiger partial charge in [0.1, 0.15) is 5.75 Å². The third kappa shape index (κ3) is 3.30. The van der Waals surface area contributed by atoms with Crippen LogP contribution in [0.25, 0.3) is 21.5 Å². The molecule has 0 bridgehead atoms. The first kappa shape index (κ1) is 12.9. The quantitative estimate of drug-likeness (QED) is 0.713. The lowest BCUT2D eigenvalue weighted by Crippen LogP contribution is -2.43. The Labute approximate surface area is 168 Å². The molecule has 27 heavy (non-hydrogen) atoms. The van der Waals surface area contributed by atoms with Crippen molar-refractivity contribution in [2.24, 2.45) is 7.05 Å². The number of benzene rings is 1. The molecule has 7 nitrogen and oxygen atoms in total. The molecule has 1 fully saturated rings. The van der Waals surface area contributed by atoms with Crippen molar-refractivity contribution in [3.63, 3.8) is 0 Å². The SMILES string of the molecule is [2H]C([2H])([2H])C([2H])([2H])N1CCC[C@@H](Nc2nnc(-c3ccc4sccc4c3O)n(C)c2=O)C1. The lowest BCUT2D eigenvalue weighted by atomic mass is 10.1. The van der Waals surface area contributed by atoms with Gasteiger partial charge < -0.3 is 15.3 Å². The molecular weight excluding hydrogens is 362 g/mol. The van der Waals surface area contributed by atoms with E-state index >= 15 is 0 Å². The number of phenolic OH excluding ortho intramolecular Hbond substituents is 1. The predicted octanol–water partition coefficient (Wildman–Crippen LogP) is 2.66. The second-order valence-corrected chi connectivity index (χ2v) is 7.52. The van der Waals surface area contributed by atoms with Crippen molar-refractivity contribution in [2.45, 2.75) is 25.7 Å². The molecule has 1 saturated heterocycles. The number of thiophene rings is 1. The van der Waals surface area contributed by atoms with Gasteiger partial charge in [0.25, 0.3) is 5.56 Å². The molecule has 1 aromatic carbocycles. The number of anilines is 1. The van der Waals surface area contributed by atoms with Gasteiger partial charge in [-0.1, -0.05) is 6.85 Å². The number of hydrogen-bond acceptors (Lipinski definition) is 7. The van der Waals surface area contributed by atoms with Gasteiger partial charge in [0.2, 0.25) is 5.82 Å². The molecule has 4 rings (SSSR count). The van der Waals surface area contributed by atoms with Crippen LogP contribution < -0.4 is 10.9 Å². The van der Waals surface area contributed by atoms with E-state index in [2.05, 4.69) is 15.5 Å². The molecule has 142 valence electrons. The molecule has 0 amide bonds. The van der Waals surface area contributed by atoms with Gasteiger partial charge >= 0.3 is 0 Å². The summed E-state index contributed by atoms with van der Waals surface area (Å²) in [6.07, 6.45) is 1.21. The molecular formula is C19H23N5O2S. The lowest BCUT2D eigenvalue weighted by molar-refractivity contribution is 0.226. The summed E-state index contributed by atoms with van der Waals surface area (Å²) in [6, 6.07) is 4.99. The Morgan fingerprint density at radius 3 is 3.19 bits per heavy atom. The van der Waals surface area contributed by atoms with E-state index in [0.717, 1.165) is 4.70 Å². The molecule has 1 atom stereocenters. The molecule has 3 aromatic rings. The van der Waals surface area contributed by atoms with Crippen LogP contribution >= 0.6 is 11.3 Å². The van der Waals surface area contributed by atoms with E-state index in [-0.39, 0.29) is 30.0 Å². The zero-order chi connectivity index (χ0) is 23.3. The third-order valence-electron chi connectivity index (χ3n) is 4.84. The average Bonchev–Trinajstić information content (AvgIpc) is 3.22. The molecule has 1 aliphatic rings. The Kier molecular flexibility index (Phi) is 3.47. The fraction of sp³-hybridized carbons (Fsp3) is 0.421. The number of piperidine rings is 1. The molecule has 0 spiro atoms. The minimum Gasteiger partial charge on any atom is -0.507 e. The maximum atomic E-state index is 12.9. The molecule has 2 N–H and O–H groups in total. The zero-order valence-electron chi connectivity index (χ0n) is 19.8. The summed E-state index contributed by atoms with van der Waals surface area (Å²) in [5.74, 6) is 0.243. The van der Waals surface area contributed by atoms with E-state index in [0.29, 0.717) is 30.3 Å². The highest BCUT2D eigenvalue weighted by molar-refractivity contribution is 7.17. The van der Waals surface area contributed by atoms with Crippen molar-refractivity contribution in [2.75, 3.05) is 24.9 Å². The van der Waals surface area contributed by atoms with Crippen LogP contribution in [0.4, 0.5) is 5.82 Å². The minimum atomic E-state index is -2.78. The van der Waals surface area contributed by atoms with Gasteiger partial charge in [-0.25, -0.2) is 0 Å². The monoisotopic (exact) mass is 390 g/mol. The van der Waals surface area contributed by atoms with Crippen molar-refractivity contribution in [3.8, 4) is 17.1 Å². The van der Waals surface area contributed by atoms with Crippen molar-refractivity contribution >= 4 is 27.2 Å². The first-order chi connectivity index (χ1) is 15.0. The molecule has 0 radical (unpaired) electrons. The second-order valence-electron chi connectivity index (χ2n) is 6.57. The molecule has 3 heterocycles. The number of nitrogens with one attached hydrogen (secondary N) is 1. The van der Waals surface area contributed by atoms with Crippen LogP contribution in [0.3, 0.4) is 0 Å². The van der Waals surface area contributed by atoms with E-state index in [1.807, 2.05) is 11.4 Å². The van der Waals surface area contributed by atoms with E-state index in [9.17, 15) is 9.90 Å². The highest BCUT2D eigenvalue weighted by atomic mass is 32.1. The summed E-state index contributed by atoms with van der Waals surface area (Å²) < 4.78 is 40.7. The number of likely N-dealkylation sites (N-methyl/N-ethyl adjacent to an activating group) is 1. The fourth-order valence-electron chi connectivity index (χ4n) is 3.39. The smallest absolute Gasteiger partial charge is 0.296 e. The van der Waals surface area contributed by atoms with Gasteiger partial charge in [-0.15, -0.1) is 21.5 Å². The molecule has 0 saturated carbocycles. The number of aromatic hydroxyl groups is 1. The Bertz CT molecular complexity index is 1210. The maximum absolute atomic E-state index is 12.9. The molecule has 2 aromatic heterocycles. The van der Waals surface area contributed by atoms with Crippen molar-refractivity contribution in [1.82, 2.24) is 19.7 Å². The maximum Gasteiger partial charge on any atom is 0.296 e. The van der Waals surface area contributed by atoms with Gasteiger partial charge in [-0.3, -0.25) is 9.36 Å². The predicted molar refractivity (Wildman–Crippen MR) is 109 cm³/mol. The van der Waals surface area contributed by atoms with Crippen LogP contribution in [0.15, 0.2) is 28.4 Å². The first-order valence-corrected chi connectivity index (χ1v) is 9.53. The largest absolute Gasteiger partial charge is 0.507 e. The van der Waals surface area contributed by atoms with Gasteiger partial charge in [-0.05, 0) is 49.5 Å². The summed E-state index contributed by atoms with van der Waals surface area (Å²) in [7, 11) is 1.54. The highest BCUT2D eigenvalue weighted by Crippen LogP contribution is 2.36. The first-order valence-electron chi connectivity index (χ1n) is 11.2. The second kappa shape index (κ2) is 7.28. The van der Waals surface area contributed by atoms with E-state index in [1.54, 1.807) is 12.1 Å². The van der Waals surface area contributed by atoms with Gasteiger partial charge in [0.05, 0.1) is 5.56 Å². The molecule has 0 aliphatic carbocycles. The fourth-order valence-corrected chi connectivity index (χ4v) is 4.18. The van der Waals surface area contributed by atoms with Crippen molar-refractivity contribution in [3.05, 3.63) is 33.9 Å². The Morgan fingerprint density at radius 2 is 2.33 bits per heavy atom. The summed E-state index contributed by atoms with van der Waals surface area (Å²) in [4.78, 5) is 14.2. The van der Waals surface area contributed by atoms with E-state index in [1.165, 1.54) is 27.9 Å². The number of hydrogen-bond donors (Lipinski definition) is 2. The van der Waals surface area contributed by atoms with E-state index in [4.69, 9.17) is 6.85 Å². The topological polar surface area (TPSA) is 83.3 Å². The summed E-state index contributed by atoms with van der Waals surface area (Å²) >= 11 is 1.50. The molecule has 8 heteroatoms.